The highest BCUT2D eigenvalue weighted by atomic mass is 35.5. The van der Waals surface area contributed by atoms with E-state index < -0.39 is 0 Å². The van der Waals surface area contributed by atoms with Gasteiger partial charge in [0.15, 0.2) is 0 Å². The van der Waals surface area contributed by atoms with E-state index in [9.17, 15) is 4.79 Å². The number of benzene rings is 1. The highest BCUT2D eigenvalue weighted by molar-refractivity contribution is 6.30. The minimum Gasteiger partial charge on any atom is -0.469 e. The minimum absolute atomic E-state index is 0.146. The summed E-state index contributed by atoms with van der Waals surface area (Å²) < 4.78 is 4.81. The van der Waals surface area contributed by atoms with Crippen LogP contribution in [-0.2, 0) is 9.53 Å². The lowest BCUT2D eigenvalue weighted by Crippen LogP contribution is -2.24. The van der Waals surface area contributed by atoms with E-state index >= 15 is 0 Å². The van der Waals surface area contributed by atoms with Crippen LogP contribution in [0.25, 0.3) is 0 Å². The molecule has 0 amide bonds. The molecule has 2 unspecified atom stereocenters. The molecule has 0 spiro atoms. The van der Waals surface area contributed by atoms with Gasteiger partial charge >= 0.3 is 5.97 Å². The van der Waals surface area contributed by atoms with Crippen molar-refractivity contribution in [3.05, 3.63) is 28.8 Å². The first-order chi connectivity index (χ1) is 9.06. The molecule has 1 saturated heterocycles. The Balaban J connectivity index is 2.26. The molecule has 0 aliphatic carbocycles. The van der Waals surface area contributed by atoms with E-state index in [1.54, 1.807) is 12.1 Å². The van der Waals surface area contributed by atoms with Gasteiger partial charge < -0.3 is 9.64 Å². The fourth-order valence-corrected chi connectivity index (χ4v) is 2.67. The van der Waals surface area contributed by atoms with Crippen LogP contribution in [0.4, 0.5) is 5.69 Å². The second-order valence-corrected chi connectivity index (χ2v) is 5.22. The van der Waals surface area contributed by atoms with E-state index in [2.05, 4.69) is 6.07 Å². The number of nitriles is 1. The number of halogens is 1. The fourth-order valence-electron chi connectivity index (χ4n) is 2.50. The monoisotopic (exact) mass is 278 g/mol. The minimum atomic E-state index is -0.192. The van der Waals surface area contributed by atoms with Crippen molar-refractivity contribution in [1.29, 1.82) is 5.26 Å². The number of rotatable bonds is 2. The third kappa shape index (κ3) is 2.66. The third-order valence-electron chi connectivity index (χ3n) is 3.54. The number of carbonyl (C=O) groups is 1. The summed E-state index contributed by atoms with van der Waals surface area (Å²) in [5.74, 6) is -0.135. The first kappa shape index (κ1) is 13.7. The highest BCUT2D eigenvalue weighted by Gasteiger charge is 2.36. The van der Waals surface area contributed by atoms with Crippen molar-refractivity contribution >= 4 is 23.3 Å². The van der Waals surface area contributed by atoms with Crippen LogP contribution in [0.15, 0.2) is 18.2 Å². The maximum Gasteiger partial charge on any atom is 0.310 e. The van der Waals surface area contributed by atoms with Gasteiger partial charge in [-0.15, -0.1) is 0 Å². The molecule has 0 N–H and O–H groups in total. The van der Waals surface area contributed by atoms with Gasteiger partial charge in [-0.3, -0.25) is 4.79 Å². The molecule has 1 aromatic carbocycles. The van der Waals surface area contributed by atoms with E-state index in [-0.39, 0.29) is 17.8 Å². The van der Waals surface area contributed by atoms with Crippen molar-refractivity contribution < 1.29 is 9.53 Å². The Morgan fingerprint density at radius 1 is 1.53 bits per heavy atom. The molecule has 1 aliphatic rings. The molecule has 2 rings (SSSR count). The average Bonchev–Trinajstić information content (AvgIpc) is 2.79. The van der Waals surface area contributed by atoms with Crippen LogP contribution in [0.1, 0.15) is 12.5 Å². The molecular weight excluding hydrogens is 264 g/mol. The fraction of sp³-hybridized carbons (Fsp3) is 0.429. The summed E-state index contributed by atoms with van der Waals surface area (Å²) in [6.45, 7) is 3.32. The molecule has 1 aromatic rings. The van der Waals surface area contributed by atoms with Crippen molar-refractivity contribution in [3.63, 3.8) is 0 Å². The Labute approximate surface area is 117 Å². The standard InChI is InChI=1S/C14H15ClN2O2/c1-9-7-17(8-12(9)14(18)19-2)13-4-3-11(15)5-10(13)6-16/h3-5,9,12H,7-8H2,1-2H3. The van der Waals surface area contributed by atoms with Crippen LogP contribution in [0, 0.1) is 23.2 Å². The topological polar surface area (TPSA) is 53.3 Å². The smallest absolute Gasteiger partial charge is 0.310 e. The van der Waals surface area contributed by atoms with E-state index in [4.69, 9.17) is 21.6 Å². The molecule has 1 heterocycles. The quantitative estimate of drug-likeness (QED) is 0.780. The van der Waals surface area contributed by atoms with Gasteiger partial charge in [0.2, 0.25) is 0 Å². The first-order valence-corrected chi connectivity index (χ1v) is 6.47. The molecule has 2 atom stereocenters. The third-order valence-corrected chi connectivity index (χ3v) is 3.77. The largest absolute Gasteiger partial charge is 0.469 e. The molecule has 0 aromatic heterocycles. The summed E-state index contributed by atoms with van der Waals surface area (Å²) >= 11 is 5.89. The second kappa shape index (κ2) is 5.50. The number of esters is 1. The summed E-state index contributed by atoms with van der Waals surface area (Å²) in [6, 6.07) is 7.37. The Bertz CT molecular complexity index is 539. The lowest BCUT2D eigenvalue weighted by Gasteiger charge is -2.19. The Hall–Kier alpha value is -1.73. The van der Waals surface area contributed by atoms with Gasteiger partial charge in [-0.25, -0.2) is 0 Å². The van der Waals surface area contributed by atoms with Crippen LogP contribution in [0.5, 0.6) is 0 Å². The number of anilines is 1. The Morgan fingerprint density at radius 2 is 2.26 bits per heavy atom. The van der Waals surface area contributed by atoms with Gasteiger partial charge in [0.05, 0.1) is 24.3 Å². The molecule has 1 fully saturated rings. The van der Waals surface area contributed by atoms with Crippen molar-refractivity contribution in [2.45, 2.75) is 6.92 Å². The SMILES string of the molecule is COC(=O)C1CN(c2ccc(Cl)cc2C#N)CC1C. The van der Waals surface area contributed by atoms with Gasteiger partial charge in [0, 0.05) is 18.1 Å². The maximum absolute atomic E-state index is 11.7. The van der Waals surface area contributed by atoms with Gasteiger partial charge in [-0.1, -0.05) is 18.5 Å². The zero-order valence-corrected chi connectivity index (χ0v) is 11.6. The zero-order valence-electron chi connectivity index (χ0n) is 10.9. The van der Waals surface area contributed by atoms with Crippen molar-refractivity contribution in [3.8, 4) is 6.07 Å². The van der Waals surface area contributed by atoms with Crippen molar-refractivity contribution in [2.24, 2.45) is 11.8 Å². The molecule has 5 heteroatoms. The first-order valence-electron chi connectivity index (χ1n) is 6.09. The normalized spacial score (nSPS) is 22.1. The van der Waals surface area contributed by atoms with Crippen LogP contribution in [0.2, 0.25) is 5.02 Å². The number of hydrogen-bond donors (Lipinski definition) is 0. The number of ether oxygens (including phenoxy) is 1. The van der Waals surface area contributed by atoms with E-state index in [0.717, 1.165) is 12.2 Å². The Kier molecular flexibility index (Phi) is 3.96. The maximum atomic E-state index is 11.7. The number of carbonyl (C=O) groups excluding carboxylic acids is 1. The van der Waals surface area contributed by atoms with Gasteiger partial charge in [0.1, 0.15) is 6.07 Å². The number of hydrogen-bond acceptors (Lipinski definition) is 4. The van der Waals surface area contributed by atoms with E-state index in [1.165, 1.54) is 7.11 Å². The van der Waals surface area contributed by atoms with Crippen LogP contribution in [0.3, 0.4) is 0 Å². The predicted octanol–water partition coefficient (Wildman–Crippen LogP) is 2.46. The van der Waals surface area contributed by atoms with Crippen LogP contribution < -0.4 is 4.90 Å². The molecule has 0 saturated carbocycles. The molecule has 100 valence electrons. The van der Waals surface area contributed by atoms with Gasteiger partial charge in [-0.2, -0.15) is 5.26 Å². The van der Waals surface area contributed by atoms with Gasteiger partial charge in [-0.05, 0) is 24.1 Å². The summed E-state index contributed by atoms with van der Waals surface area (Å²) in [7, 11) is 1.40. The molecule has 0 bridgehead atoms. The highest BCUT2D eigenvalue weighted by Crippen LogP contribution is 2.32. The molecule has 4 nitrogen and oxygen atoms in total. The van der Waals surface area contributed by atoms with E-state index in [0.29, 0.717) is 17.1 Å². The number of nitrogens with zero attached hydrogens (tertiary/aromatic N) is 2. The molecule has 0 radical (unpaired) electrons. The van der Waals surface area contributed by atoms with Crippen molar-refractivity contribution in [2.75, 3.05) is 25.1 Å². The summed E-state index contributed by atoms with van der Waals surface area (Å²) in [6.07, 6.45) is 0. The zero-order chi connectivity index (χ0) is 14.0. The van der Waals surface area contributed by atoms with Crippen LogP contribution >= 0.6 is 11.6 Å². The summed E-state index contributed by atoms with van der Waals surface area (Å²) in [4.78, 5) is 13.7. The lowest BCUT2D eigenvalue weighted by molar-refractivity contribution is -0.145. The predicted molar refractivity (Wildman–Crippen MR) is 73.1 cm³/mol. The Morgan fingerprint density at radius 3 is 2.89 bits per heavy atom. The van der Waals surface area contributed by atoms with E-state index in [1.807, 2.05) is 17.9 Å². The van der Waals surface area contributed by atoms with Crippen molar-refractivity contribution in [1.82, 2.24) is 0 Å². The molecular formula is C14H15ClN2O2. The lowest BCUT2D eigenvalue weighted by atomic mass is 9.99. The average molecular weight is 279 g/mol. The van der Waals surface area contributed by atoms with Crippen LogP contribution in [-0.4, -0.2) is 26.2 Å². The summed E-state index contributed by atoms with van der Waals surface area (Å²) in [5, 5.41) is 9.70. The second-order valence-electron chi connectivity index (χ2n) is 4.79. The molecule has 19 heavy (non-hydrogen) atoms. The summed E-state index contributed by atoms with van der Waals surface area (Å²) in [5.41, 5.74) is 1.36. The van der Waals surface area contributed by atoms with Gasteiger partial charge in [0.25, 0.3) is 0 Å². The molecule has 1 aliphatic heterocycles. The number of methoxy groups -OCH3 is 1.